The zero-order valence-electron chi connectivity index (χ0n) is 12.4. The van der Waals surface area contributed by atoms with Crippen LogP contribution in [-0.2, 0) is 6.54 Å². The van der Waals surface area contributed by atoms with Crippen molar-refractivity contribution in [1.82, 2.24) is 5.32 Å². The summed E-state index contributed by atoms with van der Waals surface area (Å²) in [5.41, 5.74) is 1.32. The summed E-state index contributed by atoms with van der Waals surface area (Å²) in [5.74, 6) is 2.91. The van der Waals surface area contributed by atoms with Crippen LogP contribution < -0.4 is 10.1 Å². The Morgan fingerprint density at radius 3 is 2.58 bits per heavy atom. The molecular weight excluding hydrogens is 254 g/mol. The Balaban J connectivity index is 2.19. The molecule has 0 heterocycles. The van der Waals surface area contributed by atoms with Gasteiger partial charge < -0.3 is 10.1 Å². The van der Waals surface area contributed by atoms with Gasteiger partial charge in [-0.3, -0.25) is 0 Å². The van der Waals surface area contributed by atoms with Crippen molar-refractivity contribution < 1.29 is 4.74 Å². The largest absolute Gasteiger partial charge is 0.494 e. The van der Waals surface area contributed by atoms with Gasteiger partial charge in [0.25, 0.3) is 0 Å². The third-order valence-electron chi connectivity index (χ3n) is 2.92. The minimum atomic E-state index is 0.699. The van der Waals surface area contributed by atoms with Crippen molar-refractivity contribution in [3.8, 4) is 5.75 Å². The molecule has 1 N–H and O–H groups in total. The molecule has 0 spiro atoms. The topological polar surface area (TPSA) is 21.3 Å². The van der Waals surface area contributed by atoms with Gasteiger partial charge in [0.1, 0.15) is 5.75 Å². The van der Waals surface area contributed by atoms with E-state index in [0.717, 1.165) is 31.9 Å². The fourth-order valence-corrected chi connectivity index (χ4v) is 2.12. The Kier molecular flexibility index (Phi) is 8.76. The van der Waals surface area contributed by atoms with Crippen molar-refractivity contribution in [1.29, 1.82) is 0 Å². The Hall–Kier alpha value is -0.670. The highest BCUT2D eigenvalue weighted by Gasteiger charge is 1.98. The van der Waals surface area contributed by atoms with Crippen LogP contribution >= 0.6 is 11.8 Å². The summed E-state index contributed by atoms with van der Waals surface area (Å²) in [4.78, 5) is 0. The summed E-state index contributed by atoms with van der Waals surface area (Å²) in [6.45, 7) is 7.28. The number of thioether (sulfide) groups is 1. The fraction of sp³-hybridized carbons (Fsp3) is 0.625. The molecule has 0 bridgehead atoms. The molecule has 0 saturated heterocycles. The maximum atomic E-state index is 5.71. The summed E-state index contributed by atoms with van der Waals surface area (Å²) in [6.07, 6.45) is 4.49. The van der Waals surface area contributed by atoms with Gasteiger partial charge in [0, 0.05) is 6.54 Å². The standard InChI is InChI=1S/C16H27NOS/c1-14(2)9-11-18-16-7-5-15(6-8-16)13-17-10-4-12-19-3/h5-8,14,17H,4,9-13H2,1-3H3. The summed E-state index contributed by atoms with van der Waals surface area (Å²) in [5, 5.41) is 3.46. The lowest BCUT2D eigenvalue weighted by molar-refractivity contribution is 0.289. The van der Waals surface area contributed by atoms with Gasteiger partial charge in [-0.15, -0.1) is 0 Å². The number of hydrogen-bond acceptors (Lipinski definition) is 3. The van der Waals surface area contributed by atoms with Gasteiger partial charge in [-0.1, -0.05) is 26.0 Å². The van der Waals surface area contributed by atoms with Gasteiger partial charge in [-0.2, -0.15) is 11.8 Å². The zero-order chi connectivity index (χ0) is 13.9. The summed E-state index contributed by atoms with van der Waals surface area (Å²) < 4.78 is 5.71. The average molecular weight is 281 g/mol. The highest BCUT2D eigenvalue weighted by molar-refractivity contribution is 7.98. The maximum Gasteiger partial charge on any atom is 0.119 e. The molecule has 0 unspecified atom stereocenters. The van der Waals surface area contributed by atoms with Crippen molar-refractivity contribution in [2.24, 2.45) is 5.92 Å². The first kappa shape index (κ1) is 16.4. The Labute approximate surface area is 122 Å². The van der Waals surface area contributed by atoms with Gasteiger partial charge in [-0.05, 0) is 55.0 Å². The fourth-order valence-electron chi connectivity index (χ4n) is 1.69. The summed E-state index contributed by atoms with van der Waals surface area (Å²) >= 11 is 1.90. The molecule has 1 aromatic rings. The third-order valence-corrected chi connectivity index (χ3v) is 3.62. The SMILES string of the molecule is CSCCCNCc1ccc(OCCC(C)C)cc1. The monoisotopic (exact) mass is 281 g/mol. The number of hydrogen-bond donors (Lipinski definition) is 1. The second-order valence-electron chi connectivity index (χ2n) is 5.20. The Morgan fingerprint density at radius 2 is 1.95 bits per heavy atom. The third kappa shape index (κ3) is 8.17. The van der Waals surface area contributed by atoms with Crippen molar-refractivity contribution in [2.45, 2.75) is 33.2 Å². The van der Waals surface area contributed by atoms with E-state index in [2.05, 4.69) is 49.7 Å². The van der Waals surface area contributed by atoms with Crippen LogP contribution in [0.5, 0.6) is 5.75 Å². The van der Waals surface area contributed by atoms with E-state index in [1.54, 1.807) is 0 Å². The first-order chi connectivity index (χ1) is 9.22. The lowest BCUT2D eigenvalue weighted by atomic mass is 10.1. The van der Waals surface area contributed by atoms with Crippen LogP contribution in [0.1, 0.15) is 32.3 Å². The van der Waals surface area contributed by atoms with Crippen LogP contribution in [0, 0.1) is 5.92 Å². The molecule has 0 saturated carbocycles. The normalized spacial score (nSPS) is 10.9. The number of nitrogens with one attached hydrogen (secondary N) is 1. The first-order valence-corrected chi connectivity index (χ1v) is 8.53. The van der Waals surface area contributed by atoms with E-state index in [0.29, 0.717) is 5.92 Å². The van der Waals surface area contributed by atoms with Gasteiger partial charge in [0.2, 0.25) is 0 Å². The quantitative estimate of drug-likeness (QED) is 0.656. The number of rotatable bonds is 10. The van der Waals surface area contributed by atoms with Gasteiger partial charge in [0.05, 0.1) is 6.61 Å². The molecule has 2 nitrogen and oxygen atoms in total. The molecule has 0 aliphatic heterocycles. The van der Waals surface area contributed by atoms with Crippen LogP contribution in [0.25, 0.3) is 0 Å². The highest BCUT2D eigenvalue weighted by atomic mass is 32.2. The predicted molar refractivity (Wildman–Crippen MR) is 86.1 cm³/mol. The minimum Gasteiger partial charge on any atom is -0.494 e. The summed E-state index contributed by atoms with van der Waals surface area (Å²) in [6, 6.07) is 8.43. The second-order valence-corrected chi connectivity index (χ2v) is 6.18. The minimum absolute atomic E-state index is 0.699. The smallest absolute Gasteiger partial charge is 0.119 e. The van der Waals surface area contributed by atoms with Crippen LogP contribution in [0.15, 0.2) is 24.3 Å². The van der Waals surface area contributed by atoms with Gasteiger partial charge >= 0.3 is 0 Å². The molecule has 19 heavy (non-hydrogen) atoms. The molecule has 0 fully saturated rings. The van der Waals surface area contributed by atoms with E-state index >= 15 is 0 Å². The van der Waals surface area contributed by atoms with Crippen molar-refractivity contribution in [3.63, 3.8) is 0 Å². The second kappa shape index (κ2) is 10.2. The van der Waals surface area contributed by atoms with E-state index in [4.69, 9.17) is 4.74 Å². The lowest BCUT2D eigenvalue weighted by Crippen LogP contribution is -2.15. The number of ether oxygens (including phenoxy) is 1. The first-order valence-electron chi connectivity index (χ1n) is 7.13. The molecular formula is C16H27NOS. The molecule has 0 aliphatic rings. The van der Waals surface area contributed by atoms with Gasteiger partial charge in [-0.25, -0.2) is 0 Å². The lowest BCUT2D eigenvalue weighted by Gasteiger charge is -2.09. The zero-order valence-corrected chi connectivity index (χ0v) is 13.3. The summed E-state index contributed by atoms with van der Waals surface area (Å²) in [7, 11) is 0. The van der Waals surface area contributed by atoms with Gasteiger partial charge in [0.15, 0.2) is 0 Å². The average Bonchev–Trinajstić information content (AvgIpc) is 2.40. The van der Waals surface area contributed by atoms with E-state index in [9.17, 15) is 0 Å². The molecule has 1 rings (SSSR count). The Bertz CT molecular complexity index is 324. The van der Waals surface area contributed by atoms with Crippen molar-refractivity contribution in [3.05, 3.63) is 29.8 Å². The van der Waals surface area contributed by atoms with Crippen LogP contribution in [0.3, 0.4) is 0 Å². The van der Waals surface area contributed by atoms with E-state index in [-0.39, 0.29) is 0 Å². The van der Waals surface area contributed by atoms with Crippen LogP contribution in [0.4, 0.5) is 0 Å². The molecule has 1 aromatic carbocycles. The molecule has 108 valence electrons. The molecule has 0 aliphatic carbocycles. The predicted octanol–water partition coefficient (Wildman–Crippen LogP) is 3.95. The number of benzene rings is 1. The Morgan fingerprint density at radius 1 is 1.21 bits per heavy atom. The highest BCUT2D eigenvalue weighted by Crippen LogP contribution is 2.13. The van der Waals surface area contributed by atoms with E-state index in [1.165, 1.54) is 17.7 Å². The maximum absolute atomic E-state index is 5.71. The molecule has 0 aromatic heterocycles. The molecule has 0 amide bonds. The van der Waals surface area contributed by atoms with E-state index < -0.39 is 0 Å². The van der Waals surface area contributed by atoms with Crippen LogP contribution in [0.2, 0.25) is 0 Å². The van der Waals surface area contributed by atoms with Crippen LogP contribution in [-0.4, -0.2) is 25.2 Å². The van der Waals surface area contributed by atoms with Crippen molar-refractivity contribution in [2.75, 3.05) is 25.2 Å². The molecule has 0 radical (unpaired) electrons. The van der Waals surface area contributed by atoms with Crippen molar-refractivity contribution >= 4 is 11.8 Å². The molecule has 0 atom stereocenters. The molecule has 3 heteroatoms. The van der Waals surface area contributed by atoms with E-state index in [1.807, 2.05) is 11.8 Å².